The number of rotatable bonds is 2. The van der Waals surface area contributed by atoms with Crippen molar-refractivity contribution in [2.24, 2.45) is 5.73 Å². The number of aromatic nitrogens is 1. The lowest BCUT2D eigenvalue weighted by Gasteiger charge is -1.87. The molecule has 0 aromatic carbocycles. The van der Waals surface area contributed by atoms with E-state index in [2.05, 4.69) is 4.98 Å². The van der Waals surface area contributed by atoms with E-state index in [-0.39, 0.29) is 10.0 Å². The number of sulfone groups is 1. The van der Waals surface area contributed by atoms with Gasteiger partial charge >= 0.3 is 0 Å². The van der Waals surface area contributed by atoms with Gasteiger partial charge in [0.1, 0.15) is 5.69 Å². The highest BCUT2D eigenvalue weighted by Crippen LogP contribution is 2.14. The monoisotopic (exact) mass is 206 g/mol. The third-order valence-corrected chi connectivity index (χ3v) is 3.61. The van der Waals surface area contributed by atoms with Crippen LogP contribution in [0.15, 0.2) is 9.72 Å². The number of amides is 1. The van der Waals surface area contributed by atoms with E-state index >= 15 is 0 Å². The second-order valence-corrected chi connectivity index (χ2v) is 5.18. The van der Waals surface area contributed by atoms with Crippen LogP contribution in [0.25, 0.3) is 0 Å². The normalized spacial score (nSPS) is 11.4. The summed E-state index contributed by atoms with van der Waals surface area (Å²) in [5, 5.41) is 1.32. The van der Waals surface area contributed by atoms with Crippen LogP contribution in [0.2, 0.25) is 0 Å². The fourth-order valence-corrected chi connectivity index (χ4v) is 2.18. The van der Waals surface area contributed by atoms with Crippen LogP contribution in [-0.4, -0.2) is 25.6 Å². The van der Waals surface area contributed by atoms with Crippen molar-refractivity contribution in [2.45, 2.75) is 4.34 Å². The zero-order valence-corrected chi connectivity index (χ0v) is 7.78. The van der Waals surface area contributed by atoms with Gasteiger partial charge in [0.05, 0.1) is 0 Å². The summed E-state index contributed by atoms with van der Waals surface area (Å²) < 4.78 is 21.6. The van der Waals surface area contributed by atoms with E-state index in [1.54, 1.807) is 0 Å². The molecule has 66 valence electrons. The molecule has 1 heterocycles. The fraction of sp³-hybridized carbons (Fsp3) is 0.200. The van der Waals surface area contributed by atoms with Crippen LogP contribution in [0.5, 0.6) is 0 Å². The van der Waals surface area contributed by atoms with Crippen LogP contribution in [0.3, 0.4) is 0 Å². The lowest BCUT2D eigenvalue weighted by molar-refractivity contribution is 0.0996. The molecule has 0 aliphatic heterocycles. The Morgan fingerprint density at radius 3 is 2.50 bits per heavy atom. The molecule has 0 bridgehead atoms. The third-order valence-electron chi connectivity index (χ3n) is 1.05. The first-order chi connectivity index (χ1) is 5.41. The largest absolute Gasteiger partial charge is 0.364 e. The lowest BCUT2D eigenvalue weighted by atomic mass is 10.5. The summed E-state index contributed by atoms with van der Waals surface area (Å²) in [7, 11) is -3.32. The lowest BCUT2D eigenvalue weighted by Crippen LogP contribution is -2.11. The number of nitrogens with two attached hydrogens (primary N) is 1. The Morgan fingerprint density at radius 2 is 2.25 bits per heavy atom. The first kappa shape index (κ1) is 9.14. The maximum atomic E-state index is 10.9. The van der Waals surface area contributed by atoms with E-state index in [1.807, 2.05) is 0 Å². The number of carbonyl (C=O) groups excluding carboxylic acids is 1. The van der Waals surface area contributed by atoms with Crippen LogP contribution in [0.1, 0.15) is 10.5 Å². The minimum Gasteiger partial charge on any atom is -0.364 e. The standard InChI is InChI=1S/C5H6N2O3S2/c1-12(9,10)5-7-3(2-11-5)4(6)8/h2H,1H3,(H2,6,8). The summed E-state index contributed by atoms with van der Waals surface area (Å²) >= 11 is 0.885. The zero-order valence-electron chi connectivity index (χ0n) is 6.14. The number of carbonyl (C=O) groups is 1. The molecule has 0 aliphatic rings. The van der Waals surface area contributed by atoms with Gasteiger partial charge in [-0.3, -0.25) is 4.79 Å². The molecular formula is C5H6N2O3S2. The Morgan fingerprint density at radius 1 is 1.67 bits per heavy atom. The van der Waals surface area contributed by atoms with Crippen LogP contribution < -0.4 is 5.73 Å². The van der Waals surface area contributed by atoms with Crippen LogP contribution in [-0.2, 0) is 9.84 Å². The first-order valence-electron chi connectivity index (χ1n) is 2.86. The first-order valence-corrected chi connectivity index (χ1v) is 5.64. The summed E-state index contributed by atoms with van der Waals surface area (Å²) in [6.07, 6.45) is 1.02. The van der Waals surface area contributed by atoms with E-state index in [0.29, 0.717) is 0 Å². The van der Waals surface area contributed by atoms with Crippen molar-refractivity contribution in [2.75, 3.05) is 6.26 Å². The van der Waals surface area contributed by atoms with Crippen molar-refractivity contribution in [3.8, 4) is 0 Å². The van der Waals surface area contributed by atoms with Gasteiger partial charge in [0.2, 0.25) is 14.2 Å². The van der Waals surface area contributed by atoms with Crippen molar-refractivity contribution < 1.29 is 13.2 Å². The summed E-state index contributed by atoms with van der Waals surface area (Å²) in [5.41, 5.74) is 4.87. The summed E-state index contributed by atoms with van der Waals surface area (Å²) in [4.78, 5) is 14.0. The van der Waals surface area contributed by atoms with E-state index < -0.39 is 15.7 Å². The van der Waals surface area contributed by atoms with E-state index in [9.17, 15) is 13.2 Å². The Kier molecular flexibility index (Phi) is 2.16. The Balaban J connectivity index is 3.17. The van der Waals surface area contributed by atoms with Gasteiger partial charge in [-0.1, -0.05) is 0 Å². The molecule has 12 heavy (non-hydrogen) atoms. The molecule has 1 amide bonds. The van der Waals surface area contributed by atoms with Gasteiger partial charge in [0.15, 0.2) is 0 Å². The number of hydrogen-bond acceptors (Lipinski definition) is 5. The highest BCUT2D eigenvalue weighted by atomic mass is 32.2. The summed E-state index contributed by atoms with van der Waals surface area (Å²) in [6.45, 7) is 0. The average Bonchev–Trinajstić information content (AvgIpc) is 2.30. The molecule has 0 fully saturated rings. The molecule has 7 heteroatoms. The smallest absolute Gasteiger partial charge is 0.268 e. The van der Waals surface area contributed by atoms with Gasteiger partial charge in [-0.25, -0.2) is 13.4 Å². The molecule has 1 aromatic rings. The number of primary amides is 1. The predicted molar refractivity (Wildman–Crippen MR) is 43.7 cm³/mol. The molecule has 0 spiro atoms. The highest BCUT2D eigenvalue weighted by molar-refractivity contribution is 7.92. The average molecular weight is 206 g/mol. The number of nitrogens with zero attached hydrogens (tertiary/aromatic N) is 1. The van der Waals surface area contributed by atoms with Crippen LogP contribution in [0.4, 0.5) is 0 Å². The van der Waals surface area contributed by atoms with E-state index in [0.717, 1.165) is 17.6 Å². The maximum absolute atomic E-state index is 10.9. The molecule has 0 unspecified atom stereocenters. The Labute approximate surface area is 73.1 Å². The zero-order chi connectivity index (χ0) is 9.35. The highest BCUT2D eigenvalue weighted by Gasteiger charge is 2.14. The van der Waals surface area contributed by atoms with Gasteiger partial charge in [0.25, 0.3) is 5.91 Å². The number of hydrogen-bond donors (Lipinski definition) is 1. The molecular weight excluding hydrogens is 200 g/mol. The second kappa shape index (κ2) is 2.83. The molecule has 0 radical (unpaired) electrons. The topological polar surface area (TPSA) is 90.1 Å². The molecule has 0 aliphatic carbocycles. The summed E-state index contributed by atoms with van der Waals surface area (Å²) in [6, 6.07) is 0. The van der Waals surface area contributed by atoms with Gasteiger partial charge in [-0.2, -0.15) is 0 Å². The van der Waals surface area contributed by atoms with Crippen molar-refractivity contribution in [3.05, 3.63) is 11.1 Å². The van der Waals surface area contributed by atoms with Crippen molar-refractivity contribution in [1.29, 1.82) is 0 Å². The minimum absolute atomic E-state index is 0.0135. The van der Waals surface area contributed by atoms with E-state index in [1.165, 1.54) is 5.38 Å². The van der Waals surface area contributed by atoms with Gasteiger partial charge in [-0.15, -0.1) is 11.3 Å². The van der Waals surface area contributed by atoms with Crippen LogP contribution >= 0.6 is 11.3 Å². The molecule has 2 N–H and O–H groups in total. The third kappa shape index (κ3) is 1.80. The molecule has 0 saturated heterocycles. The summed E-state index contributed by atoms with van der Waals surface area (Å²) in [5.74, 6) is -0.721. The SMILES string of the molecule is CS(=O)(=O)c1nc(C(N)=O)cs1. The van der Waals surface area contributed by atoms with Crippen molar-refractivity contribution in [1.82, 2.24) is 4.98 Å². The Bertz CT molecular complexity index is 406. The number of thiazole rings is 1. The van der Waals surface area contributed by atoms with Crippen molar-refractivity contribution >= 4 is 27.1 Å². The van der Waals surface area contributed by atoms with Crippen molar-refractivity contribution in [3.63, 3.8) is 0 Å². The molecule has 1 rings (SSSR count). The molecule has 0 saturated carbocycles. The molecule has 1 aromatic heterocycles. The molecule has 0 atom stereocenters. The van der Waals surface area contributed by atoms with Gasteiger partial charge in [-0.05, 0) is 0 Å². The fourth-order valence-electron chi connectivity index (χ4n) is 0.541. The molecule has 5 nitrogen and oxygen atoms in total. The van der Waals surface area contributed by atoms with E-state index in [4.69, 9.17) is 5.73 Å². The quantitative estimate of drug-likeness (QED) is 0.715. The minimum atomic E-state index is -3.32. The van der Waals surface area contributed by atoms with Gasteiger partial charge < -0.3 is 5.73 Å². The predicted octanol–water partition coefficient (Wildman–Crippen LogP) is -0.355. The van der Waals surface area contributed by atoms with Crippen LogP contribution in [0, 0.1) is 0 Å². The Hall–Kier alpha value is -0.950. The maximum Gasteiger partial charge on any atom is 0.268 e. The van der Waals surface area contributed by atoms with Gasteiger partial charge in [0, 0.05) is 11.6 Å². The second-order valence-electron chi connectivity index (χ2n) is 2.14.